The van der Waals surface area contributed by atoms with E-state index in [0.717, 1.165) is 45.1 Å². The lowest BCUT2D eigenvalue weighted by Gasteiger charge is -2.40. The van der Waals surface area contributed by atoms with Gasteiger partial charge in [0.15, 0.2) is 0 Å². The molecular weight excluding hydrogens is 398 g/mol. The smallest absolute Gasteiger partial charge is 0.285 e. The fourth-order valence-electron chi connectivity index (χ4n) is 4.02. The van der Waals surface area contributed by atoms with Gasteiger partial charge in [0.25, 0.3) is 5.97 Å². The Morgan fingerprint density at radius 2 is 1.19 bits per heavy atom. The van der Waals surface area contributed by atoms with Crippen LogP contribution in [0.15, 0.2) is 30.3 Å². The summed E-state index contributed by atoms with van der Waals surface area (Å²) in [6.07, 6.45) is 13.9. The van der Waals surface area contributed by atoms with E-state index in [-0.39, 0.29) is 5.92 Å². The zero-order valence-corrected chi connectivity index (χ0v) is 21.5. The van der Waals surface area contributed by atoms with Gasteiger partial charge in [-0.2, -0.15) is 0 Å². The molecule has 1 aromatic rings. The van der Waals surface area contributed by atoms with Gasteiger partial charge in [0, 0.05) is 18.2 Å². The average Bonchev–Trinajstić information content (AvgIpc) is 2.83. The Morgan fingerprint density at radius 1 is 0.656 bits per heavy atom. The maximum atomic E-state index is 6.39. The summed E-state index contributed by atoms with van der Waals surface area (Å²) in [5.74, 6) is -0.658. The maximum Gasteiger partial charge on any atom is 0.285 e. The molecule has 0 radical (unpaired) electrons. The first-order valence-corrected chi connectivity index (χ1v) is 13.4. The van der Waals surface area contributed by atoms with E-state index in [4.69, 9.17) is 14.2 Å². The van der Waals surface area contributed by atoms with E-state index in [1.807, 2.05) is 0 Å². The van der Waals surface area contributed by atoms with Crippen LogP contribution < -0.4 is 5.32 Å². The van der Waals surface area contributed by atoms with Crippen LogP contribution in [0.1, 0.15) is 105 Å². The molecule has 1 aromatic carbocycles. The molecule has 0 aliphatic heterocycles. The van der Waals surface area contributed by atoms with Crippen molar-refractivity contribution in [1.29, 1.82) is 0 Å². The predicted molar refractivity (Wildman–Crippen MR) is 137 cm³/mol. The molecule has 1 unspecified atom stereocenters. The van der Waals surface area contributed by atoms with Crippen LogP contribution >= 0.6 is 0 Å². The molecule has 0 saturated carbocycles. The van der Waals surface area contributed by atoms with Gasteiger partial charge < -0.3 is 19.5 Å². The first-order chi connectivity index (χ1) is 15.7. The molecule has 1 rings (SSSR count). The Morgan fingerprint density at radius 3 is 1.75 bits per heavy atom. The predicted octanol–water partition coefficient (Wildman–Crippen LogP) is 8.18. The molecule has 0 spiro atoms. The number of benzene rings is 1. The van der Waals surface area contributed by atoms with Gasteiger partial charge in [-0.1, -0.05) is 84.4 Å². The summed E-state index contributed by atoms with van der Waals surface area (Å²) >= 11 is 0. The monoisotopic (exact) mass is 449 g/mol. The highest BCUT2D eigenvalue weighted by molar-refractivity contribution is 5.42. The largest absolute Gasteiger partial charge is 0.385 e. The van der Waals surface area contributed by atoms with Crippen LogP contribution in [0.4, 0.5) is 5.69 Å². The number of ether oxygens (including phenoxy) is 3. The molecule has 1 atom stereocenters. The zero-order valence-electron chi connectivity index (χ0n) is 21.5. The molecule has 0 aliphatic carbocycles. The Hall–Kier alpha value is -1.10. The molecule has 186 valence electrons. The van der Waals surface area contributed by atoms with Gasteiger partial charge in [0.1, 0.15) is 0 Å². The van der Waals surface area contributed by atoms with Gasteiger partial charge in [0.2, 0.25) is 0 Å². The highest BCUT2D eigenvalue weighted by Gasteiger charge is 2.41. The van der Waals surface area contributed by atoms with Gasteiger partial charge in [-0.15, -0.1) is 0 Å². The van der Waals surface area contributed by atoms with Crippen molar-refractivity contribution < 1.29 is 14.2 Å². The summed E-state index contributed by atoms with van der Waals surface area (Å²) < 4.78 is 19.2. The van der Waals surface area contributed by atoms with Gasteiger partial charge in [-0.3, -0.25) is 0 Å². The van der Waals surface area contributed by atoms with Crippen LogP contribution in [0.5, 0.6) is 0 Å². The van der Waals surface area contributed by atoms with Gasteiger partial charge in [0.05, 0.1) is 19.8 Å². The molecule has 0 aromatic heterocycles. The SMILES string of the molecule is CCCCCCCCC(CCCNc1ccccc1)C(OCCC)(OCCC)OCCC. The molecule has 0 heterocycles. The number of hydrogen-bond acceptors (Lipinski definition) is 4. The Labute approximate surface area is 198 Å². The summed E-state index contributed by atoms with van der Waals surface area (Å²) in [4.78, 5) is 0. The van der Waals surface area contributed by atoms with E-state index >= 15 is 0 Å². The topological polar surface area (TPSA) is 39.7 Å². The van der Waals surface area contributed by atoms with Crippen molar-refractivity contribution in [2.75, 3.05) is 31.7 Å². The molecule has 0 bridgehead atoms. The minimum absolute atomic E-state index is 0.246. The summed E-state index contributed by atoms with van der Waals surface area (Å²) in [6.45, 7) is 11.7. The van der Waals surface area contributed by atoms with Crippen LogP contribution in [-0.4, -0.2) is 32.3 Å². The van der Waals surface area contributed by atoms with E-state index in [9.17, 15) is 0 Å². The Kier molecular flexibility index (Phi) is 17.5. The molecule has 0 aliphatic rings. The number of hydrogen-bond donors (Lipinski definition) is 1. The Balaban J connectivity index is 2.80. The number of nitrogens with one attached hydrogen (secondary N) is 1. The molecule has 0 fully saturated rings. The summed E-state index contributed by atoms with van der Waals surface area (Å²) in [5.41, 5.74) is 1.18. The molecule has 0 amide bonds. The molecule has 4 nitrogen and oxygen atoms in total. The van der Waals surface area contributed by atoms with E-state index in [1.165, 1.54) is 44.2 Å². The molecule has 0 saturated heterocycles. The van der Waals surface area contributed by atoms with Crippen molar-refractivity contribution in [1.82, 2.24) is 0 Å². The van der Waals surface area contributed by atoms with E-state index in [0.29, 0.717) is 19.8 Å². The van der Waals surface area contributed by atoms with Crippen LogP contribution in [0.3, 0.4) is 0 Å². The summed E-state index contributed by atoms with van der Waals surface area (Å²) in [5, 5.41) is 3.55. The lowest BCUT2D eigenvalue weighted by atomic mass is 9.92. The molecule has 1 N–H and O–H groups in total. The molecule has 32 heavy (non-hydrogen) atoms. The minimum atomic E-state index is -0.905. The second kappa shape index (κ2) is 19.4. The molecular formula is C28H51NO3. The lowest BCUT2D eigenvalue weighted by Crippen LogP contribution is -2.47. The first kappa shape index (κ1) is 28.9. The minimum Gasteiger partial charge on any atom is -0.385 e. The fraction of sp³-hybridized carbons (Fsp3) is 0.786. The van der Waals surface area contributed by atoms with Crippen molar-refractivity contribution in [3.8, 4) is 0 Å². The van der Waals surface area contributed by atoms with Crippen LogP contribution in [0, 0.1) is 5.92 Å². The van der Waals surface area contributed by atoms with Crippen LogP contribution in [0.2, 0.25) is 0 Å². The number of anilines is 1. The number of unbranched alkanes of at least 4 members (excludes halogenated alkanes) is 5. The molecule has 4 heteroatoms. The van der Waals surface area contributed by atoms with Crippen molar-refractivity contribution in [3.63, 3.8) is 0 Å². The first-order valence-electron chi connectivity index (χ1n) is 13.4. The van der Waals surface area contributed by atoms with Crippen LogP contribution in [0.25, 0.3) is 0 Å². The maximum absolute atomic E-state index is 6.39. The normalized spacial score (nSPS) is 12.8. The quantitative estimate of drug-likeness (QED) is 0.143. The van der Waals surface area contributed by atoms with Crippen LogP contribution in [-0.2, 0) is 14.2 Å². The van der Waals surface area contributed by atoms with Crippen molar-refractivity contribution in [2.45, 2.75) is 111 Å². The standard InChI is InChI=1S/C28H51NO3/c1-5-9-10-11-12-14-18-26(19-17-22-29-27-20-15-13-16-21-27)28(30-23-6-2,31-24-7-3)32-25-8-4/h13,15-16,20-21,26,29H,5-12,14,17-19,22-25H2,1-4H3. The number of rotatable bonds is 22. The van der Waals surface area contributed by atoms with E-state index in [1.54, 1.807) is 0 Å². The van der Waals surface area contributed by atoms with Crippen molar-refractivity contribution in [3.05, 3.63) is 30.3 Å². The second-order valence-electron chi connectivity index (χ2n) is 8.84. The lowest BCUT2D eigenvalue weighted by molar-refractivity contribution is -0.406. The van der Waals surface area contributed by atoms with E-state index in [2.05, 4.69) is 63.3 Å². The third kappa shape index (κ3) is 12.2. The van der Waals surface area contributed by atoms with Gasteiger partial charge in [-0.05, 0) is 50.7 Å². The Bertz CT molecular complexity index is 501. The van der Waals surface area contributed by atoms with Gasteiger partial charge >= 0.3 is 0 Å². The second-order valence-corrected chi connectivity index (χ2v) is 8.84. The summed E-state index contributed by atoms with van der Waals surface area (Å²) in [7, 11) is 0. The average molecular weight is 450 g/mol. The fourth-order valence-corrected chi connectivity index (χ4v) is 4.02. The van der Waals surface area contributed by atoms with Crippen molar-refractivity contribution in [2.24, 2.45) is 5.92 Å². The van der Waals surface area contributed by atoms with E-state index < -0.39 is 5.97 Å². The number of para-hydroxylation sites is 1. The highest BCUT2D eigenvalue weighted by Crippen LogP contribution is 2.34. The van der Waals surface area contributed by atoms with Gasteiger partial charge in [-0.25, -0.2) is 0 Å². The third-order valence-electron chi connectivity index (χ3n) is 5.76. The highest BCUT2D eigenvalue weighted by atomic mass is 16.9. The zero-order chi connectivity index (χ0) is 23.3. The third-order valence-corrected chi connectivity index (χ3v) is 5.76. The van der Waals surface area contributed by atoms with Crippen molar-refractivity contribution >= 4 is 5.69 Å². The summed E-state index contributed by atoms with van der Waals surface area (Å²) in [6, 6.07) is 10.4.